The number of carbonyl (C=O) groups is 2. The summed E-state index contributed by atoms with van der Waals surface area (Å²) in [6, 6.07) is 9.00. The number of hydrogen-bond acceptors (Lipinski definition) is 5. The number of aryl methyl sites for hydroxylation is 3. The first-order valence-electron chi connectivity index (χ1n) is 9.51. The number of fused-ring (bicyclic) bond motifs is 3. The Bertz CT molecular complexity index is 1300. The van der Waals surface area contributed by atoms with Crippen LogP contribution in [0.25, 0.3) is 15.7 Å². The van der Waals surface area contributed by atoms with Gasteiger partial charge in [0.25, 0.3) is 0 Å². The first kappa shape index (κ1) is 21.0. The number of esters is 1. The van der Waals surface area contributed by atoms with Crippen LogP contribution in [0.3, 0.4) is 0 Å². The van der Waals surface area contributed by atoms with Crippen molar-refractivity contribution < 1.29 is 14.3 Å². The van der Waals surface area contributed by atoms with Crippen molar-refractivity contribution in [3.8, 4) is 0 Å². The summed E-state index contributed by atoms with van der Waals surface area (Å²) in [5.74, 6) is -0.325. The first-order valence-corrected chi connectivity index (χ1v) is 11.5. The fourth-order valence-electron chi connectivity index (χ4n) is 3.65. The van der Waals surface area contributed by atoms with Crippen molar-refractivity contribution >= 4 is 61.5 Å². The van der Waals surface area contributed by atoms with Crippen molar-refractivity contribution in [3.05, 3.63) is 68.7 Å². The highest BCUT2D eigenvalue weighted by Gasteiger charge is 2.26. The second-order valence-electron chi connectivity index (χ2n) is 7.10. The van der Waals surface area contributed by atoms with Crippen LogP contribution in [0.4, 0.5) is 0 Å². The summed E-state index contributed by atoms with van der Waals surface area (Å²) in [7, 11) is 0. The molecule has 4 nitrogen and oxygen atoms in total. The summed E-state index contributed by atoms with van der Waals surface area (Å²) < 4.78 is 8.28. The lowest BCUT2D eigenvalue weighted by molar-refractivity contribution is 0.0531. The van der Waals surface area contributed by atoms with Gasteiger partial charge in [0, 0.05) is 16.8 Å². The third-order valence-electron chi connectivity index (χ3n) is 4.90. The molecule has 0 N–H and O–H groups in total. The molecule has 0 aliphatic carbocycles. The molecule has 0 bridgehead atoms. The van der Waals surface area contributed by atoms with Gasteiger partial charge < -0.3 is 9.14 Å². The Morgan fingerprint density at radius 1 is 1.13 bits per heavy atom. The summed E-state index contributed by atoms with van der Waals surface area (Å²) in [6.45, 7) is 8.14. The summed E-state index contributed by atoms with van der Waals surface area (Å²) in [5, 5.41) is 0.525. The topological polar surface area (TPSA) is 47.8 Å². The lowest BCUT2D eigenvalue weighted by Gasteiger charge is -2.07. The predicted octanol–water partition coefficient (Wildman–Crippen LogP) is 6.84. The number of thiophene rings is 1. The number of thioether (sulfide) groups is 1. The van der Waals surface area contributed by atoms with Crippen LogP contribution in [-0.2, 0) is 4.74 Å². The van der Waals surface area contributed by atoms with Crippen molar-refractivity contribution in [1.82, 2.24) is 4.40 Å². The lowest BCUT2D eigenvalue weighted by Crippen LogP contribution is -2.04. The van der Waals surface area contributed by atoms with Crippen LogP contribution in [0.1, 0.15) is 43.6 Å². The van der Waals surface area contributed by atoms with Gasteiger partial charge in [-0.05, 0) is 80.4 Å². The highest BCUT2D eigenvalue weighted by atomic mass is 35.5. The Kier molecular flexibility index (Phi) is 5.66. The van der Waals surface area contributed by atoms with Crippen LogP contribution in [0.2, 0.25) is 5.02 Å². The Labute approximate surface area is 187 Å². The van der Waals surface area contributed by atoms with Crippen LogP contribution in [0.15, 0.2) is 41.4 Å². The van der Waals surface area contributed by atoms with E-state index in [9.17, 15) is 9.59 Å². The molecule has 0 saturated carbocycles. The molecule has 0 atom stereocenters. The van der Waals surface area contributed by atoms with Crippen LogP contribution in [0.5, 0.6) is 0 Å². The van der Waals surface area contributed by atoms with Gasteiger partial charge in [0.15, 0.2) is 0 Å². The average Bonchev–Trinajstić information content (AvgIpc) is 3.18. The Morgan fingerprint density at radius 3 is 2.50 bits per heavy atom. The molecule has 0 aliphatic heterocycles. The van der Waals surface area contributed by atoms with E-state index in [1.54, 1.807) is 31.2 Å². The molecule has 0 aliphatic rings. The van der Waals surface area contributed by atoms with Gasteiger partial charge in [0.1, 0.15) is 4.88 Å². The molecule has 1 aromatic carbocycles. The van der Waals surface area contributed by atoms with E-state index >= 15 is 0 Å². The third-order valence-corrected chi connectivity index (χ3v) is 7.59. The maximum absolute atomic E-state index is 13.0. The van der Waals surface area contributed by atoms with Crippen LogP contribution in [0, 0.1) is 20.8 Å². The molecule has 3 heterocycles. The van der Waals surface area contributed by atoms with E-state index in [-0.39, 0.29) is 11.1 Å². The molecule has 4 aromatic rings. The Balaban J connectivity index is 1.93. The summed E-state index contributed by atoms with van der Waals surface area (Å²) in [6.07, 6.45) is 2.05. The van der Waals surface area contributed by atoms with Crippen molar-refractivity contribution in [3.63, 3.8) is 0 Å². The van der Waals surface area contributed by atoms with E-state index in [0.717, 1.165) is 37.3 Å². The maximum atomic E-state index is 13.0. The summed E-state index contributed by atoms with van der Waals surface area (Å²) in [5.41, 5.74) is 5.60. The predicted molar refractivity (Wildman–Crippen MR) is 125 cm³/mol. The number of rotatable bonds is 4. The van der Waals surface area contributed by atoms with Gasteiger partial charge in [-0.1, -0.05) is 17.7 Å². The van der Waals surface area contributed by atoms with E-state index in [0.29, 0.717) is 22.1 Å². The monoisotopic (exact) mass is 457 g/mol. The zero-order chi connectivity index (χ0) is 21.6. The van der Waals surface area contributed by atoms with E-state index in [4.69, 9.17) is 16.3 Å². The molecule has 0 unspecified atom stereocenters. The van der Waals surface area contributed by atoms with Crippen molar-refractivity contribution in [2.45, 2.75) is 32.6 Å². The second-order valence-corrected chi connectivity index (χ2v) is 9.54. The SMILES string of the molecule is CCOC(=O)c1sc2c(SC(=O)c3ccc(Cl)cc3)c3c(C)cc(C)cn3c2c1C. The summed E-state index contributed by atoms with van der Waals surface area (Å²) >= 11 is 8.54. The number of halogens is 1. The normalized spacial score (nSPS) is 11.4. The largest absolute Gasteiger partial charge is 0.462 e. The zero-order valence-electron chi connectivity index (χ0n) is 17.0. The molecular formula is C23H20ClNO3S2. The van der Waals surface area contributed by atoms with Crippen LogP contribution >= 0.6 is 34.7 Å². The van der Waals surface area contributed by atoms with Crippen molar-refractivity contribution in [2.24, 2.45) is 0 Å². The molecule has 0 saturated heterocycles. The molecule has 154 valence electrons. The van der Waals surface area contributed by atoms with Crippen LogP contribution in [-0.4, -0.2) is 22.1 Å². The molecule has 0 radical (unpaired) electrons. The molecular weight excluding hydrogens is 438 g/mol. The number of ether oxygens (including phenoxy) is 1. The molecule has 3 aromatic heterocycles. The van der Waals surface area contributed by atoms with Gasteiger partial charge in [-0.2, -0.15) is 0 Å². The highest BCUT2D eigenvalue weighted by Crippen LogP contribution is 2.44. The molecule has 0 fully saturated rings. The quantitative estimate of drug-likeness (QED) is 0.248. The smallest absolute Gasteiger partial charge is 0.348 e. The van der Waals surface area contributed by atoms with Crippen LogP contribution < -0.4 is 0 Å². The lowest BCUT2D eigenvalue weighted by atomic mass is 10.2. The first-order chi connectivity index (χ1) is 14.3. The molecule has 7 heteroatoms. The molecule has 30 heavy (non-hydrogen) atoms. The number of benzene rings is 1. The fourth-order valence-corrected chi connectivity index (χ4v) is 6.14. The summed E-state index contributed by atoms with van der Waals surface area (Å²) in [4.78, 5) is 27.0. The fraction of sp³-hybridized carbons (Fsp3) is 0.217. The number of hydrogen-bond donors (Lipinski definition) is 0. The zero-order valence-corrected chi connectivity index (χ0v) is 19.4. The Hall–Kier alpha value is -2.28. The number of pyridine rings is 1. The van der Waals surface area contributed by atoms with E-state index < -0.39 is 0 Å². The second kappa shape index (κ2) is 8.10. The molecule has 0 amide bonds. The number of aromatic nitrogens is 1. The van der Waals surface area contributed by atoms with Gasteiger partial charge in [0.05, 0.1) is 27.2 Å². The number of nitrogens with zero attached hydrogens (tertiary/aromatic N) is 1. The van der Waals surface area contributed by atoms with E-state index in [1.165, 1.54) is 23.1 Å². The van der Waals surface area contributed by atoms with E-state index in [1.807, 2.05) is 20.8 Å². The standard InChI is InChI=1S/C23H20ClNO3S2/c1-5-28-22(26)19-14(4)18-21(29-19)20(17-13(3)10-12(2)11-25(17)18)30-23(27)15-6-8-16(24)9-7-15/h6-11H,5H2,1-4H3. The minimum atomic E-state index is -0.325. The van der Waals surface area contributed by atoms with Crippen molar-refractivity contribution in [1.29, 1.82) is 0 Å². The third kappa shape index (κ3) is 3.53. The average molecular weight is 458 g/mol. The van der Waals surface area contributed by atoms with Gasteiger partial charge in [-0.25, -0.2) is 4.79 Å². The molecule has 0 spiro atoms. The Morgan fingerprint density at radius 2 is 1.83 bits per heavy atom. The van der Waals surface area contributed by atoms with E-state index in [2.05, 4.69) is 16.7 Å². The minimum absolute atomic E-state index is 0.0650. The van der Waals surface area contributed by atoms with Gasteiger partial charge >= 0.3 is 5.97 Å². The minimum Gasteiger partial charge on any atom is -0.462 e. The number of carbonyl (C=O) groups excluding carboxylic acids is 2. The highest BCUT2D eigenvalue weighted by molar-refractivity contribution is 8.14. The molecule has 4 rings (SSSR count). The van der Waals surface area contributed by atoms with Gasteiger partial charge in [-0.15, -0.1) is 11.3 Å². The van der Waals surface area contributed by atoms with Crippen molar-refractivity contribution in [2.75, 3.05) is 6.61 Å². The van der Waals surface area contributed by atoms with Gasteiger partial charge in [-0.3, -0.25) is 4.79 Å². The van der Waals surface area contributed by atoms with Gasteiger partial charge in [0.2, 0.25) is 5.12 Å². The maximum Gasteiger partial charge on any atom is 0.348 e.